The average molecular weight is 568 g/mol. The molecule has 2 aromatic rings. The Morgan fingerprint density at radius 3 is 2.75 bits per heavy atom. The Morgan fingerprint density at radius 2 is 2.06 bits per heavy atom. The number of carbonyl (C=O) groups excluding carboxylic acids is 1. The number of halogens is 1. The Kier molecular flexibility index (Phi) is 9.60. The van der Waals surface area contributed by atoms with Crippen LogP contribution >= 0.6 is 27.3 Å². The fourth-order valence-electron chi connectivity index (χ4n) is 4.62. The Hall–Kier alpha value is -2.62. The topological polar surface area (TPSA) is 77.4 Å². The number of hydrogen-bond acceptors (Lipinski definition) is 6. The number of benzene rings is 1. The predicted octanol–water partition coefficient (Wildman–Crippen LogP) is 3.14. The number of nitrogens with one attached hydrogen (secondary N) is 2. The molecule has 0 saturated carbocycles. The van der Waals surface area contributed by atoms with Gasteiger partial charge in [-0.3, -0.25) is 9.69 Å². The molecule has 0 unspecified atom stereocenters. The van der Waals surface area contributed by atoms with Gasteiger partial charge < -0.3 is 15.4 Å². The first kappa shape index (κ1) is 26.4. The van der Waals surface area contributed by atoms with Gasteiger partial charge in [0.15, 0.2) is 0 Å². The maximum Gasteiger partial charge on any atom is 0.261 e. The van der Waals surface area contributed by atoms with Gasteiger partial charge >= 0.3 is 0 Å². The highest BCUT2D eigenvalue weighted by molar-refractivity contribution is 9.10. The van der Waals surface area contributed by atoms with Crippen LogP contribution in [-0.2, 0) is 6.54 Å². The molecule has 0 spiro atoms. The third kappa shape index (κ3) is 7.21. The molecule has 36 heavy (non-hydrogen) atoms. The van der Waals surface area contributed by atoms with Crippen molar-refractivity contribution in [3.63, 3.8) is 0 Å². The number of amides is 1. The number of thiophene rings is 1. The van der Waals surface area contributed by atoms with Crippen LogP contribution in [0.3, 0.4) is 0 Å². The number of terminal acetylenes is 1. The summed E-state index contributed by atoms with van der Waals surface area (Å²) < 4.78 is 8.04. The number of nitriles is 1. The Bertz CT molecular complexity index is 1260. The van der Waals surface area contributed by atoms with Gasteiger partial charge in [-0.1, -0.05) is 18.1 Å². The van der Waals surface area contributed by atoms with Crippen LogP contribution in [0.25, 0.3) is 12.2 Å². The van der Waals surface area contributed by atoms with E-state index in [9.17, 15) is 4.79 Å². The molecule has 2 aliphatic rings. The molecular weight excluding hydrogens is 536 g/mol. The van der Waals surface area contributed by atoms with Gasteiger partial charge in [0.2, 0.25) is 0 Å². The van der Waals surface area contributed by atoms with Crippen molar-refractivity contribution >= 4 is 45.3 Å². The van der Waals surface area contributed by atoms with Crippen molar-refractivity contribution < 1.29 is 9.53 Å². The number of ether oxygens (including phenoxy) is 1. The summed E-state index contributed by atoms with van der Waals surface area (Å²) in [4.78, 5) is 15.9. The highest BCUT2D eigenvalue weighted by Crippen LogP contribution is 2.29. The number of carbonyl (C=O) groups is 1. The molecule has 0 radical (unpaired) electrons. The number of likely N-dealkylation sites (tertiary alicyclic amines) is 1. The second-order valence-electron chi connectivity index (χ2n) is 9.16. The van der Waals surface area contributed by atoms with E-state index in [2.05, 4.69) is 61.7 Å². The summed E-state index contributed by atoms with van der Waals surface area (Å²) in [5, 5.41) is 16.3. The molecule has 188 valence electrons. The molecule has 4 rings (SSSR count). The van der Waals surface area contributed by atoms with Gasteiger partial charge in [-0.05, 0) is 83.7 Å². The van der Waals surface area contributed by atoms with E-state index in [1.165, 1.54) is 16.9 Å². The summed E-state index contributed by atoms with van der Waals surface area (Å²) in [6, 6.07) is 10.5. The van der Waals surface area contributed by atoms with E-state index in [0.717, 1.165) is 78.4 Å². The lowest BCUT2D eigenvalue weighted by atomic mass is 10.0. The first-order valence-corrected chi connectivity index (χ1v) is 14.0. The average Bonchev–Trinajstić information content (AvgIpc) is 3.29. The largest absolute Gasteiger partial charge is 0.489 e. The first-order valence-electron chi connectivity index (χ1n) is 12.4. The third-order valence-corrected chi connectivity index (χ3v) is 8.26. The number of nitrogens with zero attached hydrogens (tertiary/aromatic N) is 2. The van der Waals surface area contributed by atoms with Gasteiger partial charge in [-0.25, -0.2) is 0 Å². The van der Waals surface area contributed by atoms with Gasteiger partial charge in [0.1, 0.15) is 11.9 Å². The van der Waals surface area contributed by atoms with Gasteiger partial charge in [0.25, 0.3) is 5.91 Å². The minimum Gasteiger partial charge on any atom is -0.489 e. The monoisotopic (exact) mass is 566 g/mol. The van der Waals surface area contributed by atoms with Crippen molar-refractivity contribution in [3.05, 3.63) is 48.9 Å². The SMILES string of the molecule is C#C/C=c1/sc(C(=O)NC2CCN(Cc3ccc(OC4CCNCC4)c(Br)c3)CC2)c/c1=C/CC#N. The second-order valence-corrected chi connectivity index (χ2v) is 11.1. The zero-order valence-corrected chi connectivity index (χ0v) is 22.7. The van der Waals surface area contributed by atoms with Crippen molar-refractivity contribution in [2.45, 2.75) is 50.8 Å². The smallest absolute Gasteiger partial charge is 0.261 e. The van der Waals surface area contributed by atoms with Crippen molar-refractivity contribution in [1.82, 2.24) is 15.5 Å². The lowest BCUT2D eigenvalue weighted by Gasteiger charge is -2.32. The zero-order chi connectivity index (χ0) is 25.3. The molecule has 2 saturated heterocycles. The van der Waals surface area contributed by atoms with Crippen LogP contribution in [0, 0.1) is 23.7 Å². The summed E-state index contributed by atoms with van der Waals surface area (Å²) in [6.45, 7) is 4.76. The zero-order valence-electron chi connectivity index (χ0n) is 20.3. The number of rotatable bonds is 7. The van der Waals surface area contributed by atoms with Gasteiger partial charge in [-0.15, -0.1) is 17.8 Å². The summed E-state index contributed by atoms with van der Waals surface area (Å²) in [7, 11) is 0. The lowest BCUT2D eigenvalue weighted by molar-refractivity contribution is 0.0913. The van der Waals surface area contributed by atoms with Crippen molar-refractivity contribution in [2.24, 2.45) is 0 Å². The molecule has 3 heterocycles. The predicted molar refractivity (Wildman–Crippen MR) is 148 cm³/mol. The van der Waals surface area contributed by atoms with E-state index in [1.54, 1.807) is 12.2 Å². The van der Waals surface area contributed by atoms with E-state index in [-0.39, 0.29) is 24.5 Å². The molecule has 1 aromatic heterocycles. The summed E-state index contributed by atoms with van der Waals surface area (Å²) >= 11 is 5.06. The molecule has 8 heteroatoms. The lowest BCUT2D eigenvalue weighted by Crippen LogP contribution is -2.44. The molecular formula is C28H31BrN4O2S. The van der Waals surface area contributed by atoms with E-state index >= 15 is 0 Å². The minimum absolute atomic E-state index is 0.0741. The molecule has 2 aliphatic heterocycles. The van der Waals surface area contributed by atoms with Crippen LogP contribution in [-0.4, -0.2) is 49.1 Å². The van der Waals surface area contributed by atoms with E-state index in [1.807, 2.05) is 6.07 Å². The van der Waals surface area contributed by atoms with Crippen molar-refractivity contribution in [1.29, 1.82) is 5.26 Å². The molecule has 0 atom stereocenters. The van der Waals surface area contributed by atoms with Crippen LogP contribution in [0.2, 0.25) is 0 Å². The maximum absolute atomic E-state index is 12.9. The molecule has 2 fully saturated rings. The van der Waals surface area contributed by atoms with Gasteiger partial charge in [0, 0.05) is 36.3 Å². The van der Waals surface area contributed by atoms with Crippen LogP contribution in [0.4, 0.5) is 0 Å². The normalized spacial score (nSPS) is 18.5. The van der Waals surface area contributed by atoms with Crippen molar-refractivity contribution in [3.8, 4) is 24.2 Å². The molecule has 2 N–H and O–H groups in total. The Labute approximate surface area is 225 Å². The standard InChI is InChI=1S/C28H31BrN4O2S/c1-2-4-26-21(5-3-12-30)18-27(36-26)28(34)32-22-10-15-33(16-11-22)19-20-6-7-25(24(29)17-20)35-23-8-13-31-14-9-23/h1,4-7,17-18,22-23,31H,3,8-11,13-16,19H2,(H,32,34)/b21-5-,26-4+. The fraction of sp³-hybridized carbons (Fsp3) is 0.429. The highest BCUT2D eigenvalue weighted by atomic mass is 79.9. The van der Waals surface area contributed by atoms with Crippen molar-refractivity contribution in [2.75, 3.05) is 26.2 Å². The van der Waals surface area contributed by atoms with Crippen LogP contribution in [0.5, 0.6) is 5.75 Å². The molecule has 0 aliphatic carbocycles. The van der Waals surface area contributed by atoms with Gasteiger partial charge in [0.05, 0.1) is 21.8 Å². The maximum atomic E-state index is 12.9. The Balaban J connectivity index is 1.28. The summed E-state index contributed by atoms with van der Waals surface area (Å²) in [6.07, 6.45) is 13.3. The van der Waals surface area contributed by atoms with E-state index in [0.29, 0.717) is 4.88 Å². The third-order valence-electron chi connectivity index (χ3n) is 6.55. The van der Waals surface area contributed by atoms with Crippen LogP contribution in [0.1, 0.15) is 47.3 Å². The van der Waals surface area contributed by atoms with Gasteiger partial charge in [-0.2, -0.15) is 5.26 Å². The highest BCUT2D eigenvalue weighted by Gasteiger charge is 2.22. The molecule has 1 amide bonds. The minimum atomic E-state index is -0.0741. The fourth-order valence-corrected chi connectivity index (χ4v) is 6.10. The number of piperidine rings is 2. The summed E-state index contributed by atoms with van der Waals surface area (Å²) in [5.41, 5.74) is 1.25. The quantitative estimate of drug-likeness (QED) is 0.503. The second kappa shape index (κ2) is 13.1. The number of hydrogen-bond donors (Lipinski definition) is 2. The molecule has 6 nitrogen and oxygen atoms in total. The summed E-state index contributed by atoms with van der Waals surface area (Å²) in [5.74, 6) is 3.36. The molecule has 1 aromatic carbocycles. The first-order chi connectivity index (χ1) is 17.6. The Morgan fingerprint density at radius 1 is 1.28 bits per heavy atom. The molecule has 0 bridgehead atoms. The van der Waals surface area contributed by atoms with Crippen LogP contribution in [0.15, 0.2) is 28.7 Å². The van der Waals surface area contributed by atoms with E-state index in [4.69, 9.17) is 16.4 Å². The van der Waals surface area contributed by atoms with Crippen LogP contribution < -0.4 is 25.1 Å². The van der Waals surface area contributed by atoms with E-state index < -0.39 is 0 Å².